The summed E-state index contributed by atoms with van der Waals surface area (Å²) in [6.07, 6.45) is 13.3. The first-order chi connectivity index (χ1) is 20.0. The lowest BCUT2D eigenvalue weighted by molar-refractivity contribution is 0.0734. The zero-order valence-corrected chi connectivity index (χ0v) is 24.7. The minimum Gasteiger partial charge on any atom is -0.507 e. The van der Waals surface area contributed by atoms with Crippen molar-refractivity contribution in [1.29, 1.82) is 0 Å². The van der Waals surface area contributed by atoms with Crippen molar-refractivity contribution in [2.75, 3.05) is 0 Å². The van der Waals surface area contributed by atoms with E-state index >= 15 is 0 Å². The number of ether oxygens (including phenoxy) is 2. The first kappa shape index (κ1) is 31.5. The number of carbonyl (C=O) groups excluding carboxylic acids is 1. The highest BCUT2D eigenvalue weighted by atomic mass is 16.5. The molecule has 1 atom stereocenters. The number of rotatable bonds is 15. The zero-order chi connectivity index (χ0) is 29.3. The van der Waals surface area contributed by atoms with Gasteiger partial charge in [0.2, 0.25) is 0 Å². The van der Waals surface area contributed by atoms with Crippen molar-refractivity contribution in [2.45, 2.75) is 91.1 Å². The lowest BCUT2D eigenvalue weighted by Crippen LogP contribution is -2.12. The van der Waals surface area contributed by atoms with E-state index in [0.717, 1.165) is 37.0 Å². The molecule has 1 N–H and O–H groups in total. The van der Waals surface area contributed by atoms with E-state index < -0.39 is 5.97 Å². The van der Waals surface area contributed by atoms with Gasteiger partial charge in [0.15, 0.2) is 0 Å². The van der Waals surface area contributed by atoms with Gasteiger partial charge in [-0.25, -0.2) is 4.79 Å². The average molecular weight is 554 g/mol. The van der Waals surface area contributed by atoms with Gasteiger partial charge >= 0.3 is 5.97 Å². The van der Waals surface area contributed by atoms with Crippen LogP contribution >= 0.6 is 0 Å². The van der Waals surface area contributed by atoms with E-state index in [1.807, 2.05) is 6.07 Å². The molecule has 0 spiro atoms. The Hall–Kier alpha value is -4.04. The van der Waals surface area contributed by atoms with Crippen LogP contribution in [0.2, 0.25) is 0 Å². The standard InChI is InChI=1S/C36H43NO4/c1-4-6-8-10-11-13-15-29-16-17-31(35(38)26-29)27-37-32-20-24-34(25-21-32)41-36(39)30-18-22-33(23-19-30)40-28(3)14-12-9-7-5-2/h16-28,38H,4-12,14H2,1-3H3. The number of hydrogen-bond acceptors (Lipinski definition) is 5. The monoisotopic (exact) mass is 553 g/mol. The number of esters is 1. The Morgan fingerprint density at radius 2 is 1.56 bits per heavy atom. The van der Waals surface area contributed by atoms with Gasteiger partial charge in [-0.3, -0.25) is 4.99 Å². The van der Waals surface area contributed by atoms with Crippen molar-refractivity contribution >= 4 is 17.9 Å². The normalized spacial score (nSPS) is 11.6. The predicted octanol–water partition coefficient (Wildman–Crippen LogP) is 9.42. The predicted molar refractivity (Wildman–Crippen MR) is 168 cm³/mol. The lowest BCUT2D eigenvalue weighted by Gasteiger charge is -2.14. The van der Waals surface area contributed by atoms with Gasteiger partial charge in [-0.05, 0) is 92.9 Å². The number of unbranched alkanes of at least 4 members (excludes halogenated alkanes) is 7. The highest BCUT2D eigenvalue weighted by Crippen LogP contribution is 2.22. The smallest absolute Gasteiger partial charge is 0.343 e. The van der Waals surface area contributed by atoms with Crippen LogP contribution in [-0.4, -0.2) is 23.4 Å². The summed E-state index contributed by atoms with van der Waals surface area (Å²) in [5.74, 6) is 7.16. The molecule has 0 radical (unpaired) electrons. The molecule has 0 saturated carbocycles. The second-order valence-corrected chi connectivity index (χ2v) is 10.3. The summed E-state index contributed by atoms with van der Waals surface area (Å²) in [6.45, 7) is 6.48. The largest absolute Gasteiger partial charge is 0.507 e. The van der Waals surface area contributed by atoms with Crippen molar-refractivity contribution < 1.29 is 19.4 Å². The number of benzene rings is 3. The minimum absolute atomic E-state index is 0.134. The number of phenols is 1. The Bertz CT molecular complexity index is 1300. The van der Waals surface area contributed by atoms with Gasteiger partial charge in [0, 0.05) is 23.8 Å². The first-order valence-electron chi connectivity index (χ1n) is 14.9. The van der Waals surface area contributed by atoms with Crippen LogP contribution in [0.5, 0.6) is 17.2 Å². The third kappa shape index (κ3) is 11.5. The molecule has 3 aromatic carbocycles. The van der Waals surface area contributed by atoms with E-state index in [9.17, 15) is 9.90 Å². The third-order valence-electron chi connectivity index (χ3n) is 6.71. The molecule has 41 heavy (non-hydrogen) atoms. The van der Waals surface area contributed by atoms with Crippen LogP contribution in [0, 0.1) is 11.8 Å². The first-order valence-corrected chi connectivity index (χ1v) is 14.9. The van der Waals surface area contributed by atoms with Gasteiger partial charge in [-0.1, -0.05) is 64.2 Å². The van der Waals surface area contributed by atoms with Gasteiger partial charge in [-0.2, -0.15) is 0 Å². The number of aliphatic imine (C=N–C) groups is 1. The maximum Gasteiger partial charge on any atom is 0.343 e. The molecule has 216 valence electrons. The Morgan fingerprint density at radius 1 is 0.878 bits per heavy atom. The van der Waals surface area contributed by atoms with Gasteiger partial charge in [-0.15, -0.1) is 0 Å². The molecular formula is C36H43NO4. The summed E-state index contributed by atoms with van der Waals surface area (Å²) in [7, 11) is 0. The average Bonchev–Trinajstić information content (AvgIpc) is 2.98. The molecule has 0 amide bonds. The fraction of sp³-hybridized carbons (Fsp3) is 0.389. The summed E-state index contributed by atoms with van der Waals surface area (Å²) in [5, 5.41) is 10.4. The molecule has 0 aliphatic heterocycles. The molecule has 0 heterocycles. The zero-order valence-electron chi connectivity index (χ0n) is 24.7. The summed E-state index contributed by atoms with van der Waals surface area (Å²) in [4.78, 5) is 17.0. The Morgan fingerprint density at radius 3 is 2.24 bits per heavy atom. The minimum atomic E-state index is -0.436. The second-order valence-electron chi connectivity index (χ2n) is 10.3. The van der Waals surface area contributed by atoms with E-state index in [2.05, 4.69) is 37.6 Å². The molecule has 0 aliphatic rings. The highest BCUT2D eigenvalue weighted by molar-refractivity contribution is 5.91. The molecule has 1 unspecified atom stereocenters. The molecule has 3 aromatic rings. The molecule has 0 aliphatic carbocycles. The fourth-order valence-electron chi connectivity index (χ4n) is 4.27. The molecule has 5 heteroatoms. The molecule has 0 fully saturated rings. The summed E-state index contributed by atoms with van der Waals surface area (Å²) >= 11 is 0. The number of nitrogens with zero attached hydrogens (tertiary/aromatic N) is 1. The molecule has 0 saturated heterocycles. The quantitative estimate of drug-likeness (QED) is 0.0669. The fourth-order valence-corrected chi connectivity index (χ4v) is 4.27. The Balaban J connectivity index is 1.48. The van der Waals surface area contributed by atoms with Crippen LogP contribution in [-0.2, 0) is 0 Å². The van der Waals surface area contributed by atoms with E-state index in [4.69, 9.17) is 9.47 Å². The molecule has 5 nitrogen and oxygen atoms in total. The van der Waals surface area contributed by atoms with E-state index in [0.29, 0.717) is 22.6 Å². The molecule has 0 aromatic heterocycles. The van der Waals surface area contributed by atoms with Crippen LogP contribution in [0.15, 0.2) is 71.7 Å². The van der Waals surface area contributed by atoms with Crippen molar-refractivity contribution in [2.24, 2.45) is 4.99 Å². The number of hydrogen-bond donors (Lipinski definition) is 1. The van der Waals surface area contributed by atoms with Gasteiger partial charge in [0.1, 0.15) is 17.2 Å². The molecule has 0 bridgehead atoms. The summed E-state index contributed by atoms with van der Waals surface area (Å²) < 4.78 is 11.5. The number of phenolic OH excluding ortho intramolecular Hbond substituents is 1. The van der Waals surface area contributed by atoms with Crippen molar-refractivity contribution in [3.63, 3.8) is 0 Å². The molecular weight excluding hydrogens is 510 g/mol. The maximum atomic E-state index is 12.6. The second kappa shape index (κ2) is 17.6. The van der Waals surface area contributed by atoms with Crippen molar-refractivity contribution in [3.05, 3.63) is 83.4 Å². The number of carbonyl (C=O) groups is 1. The van der Waals surface area contributed by atoms with Crippen LogP contribution in [0.3, 0.4) is 0 Å². The topological polar surface area (TPSA) is 68.1 Å². The van der Waals surface area contributed by atoms with Gasteiger partial charge in [0.05, 0.1) is 17.4 Å². The van der Waals surface area contributed by atoms with Crippen molar-refractivity contribution in [1.82, 2.24) is 0 Å². The van der Waals surface area contributed by atoms with Crippen LogP contribution < -0.4 is 9.47 Å². The summed E-state index contributed by atoms with van der Waals surface area (Å²) in [6, 6.07) is 19.3. The van der Waals surface area contributed by atoms with Crippen LogP contribution in [0.25, 0.3) is 0 Å². The number of aromatic hydroxyl groups is 1. The summed E-state index contributed by atoms with van der Waals surface area (Å²) in [5.41, 5.74) is 2.52. The Labute approximate surface area is 245 Å². The lowest BCUT2D eigenvalue weighted by atomic mass is 10.1. The van der Waals surface area contributed by atoms with Crippen LogP contribution in [0.4, 0.5) is 5.69 Å². The third-order valence-corrected chi connectivity index (χ3v) is 6.71. The highest BCUT2D eigenvalue weighted by Gasteiger charge is 2.10. The maximum absolute atomic E-state index is 12.6. The van der Waals surface area contributed by atoms with Gasteiger partial charge < -0.3 is 14.6 Å². The van der Waals surface area contributed by atoms with Gasteiger partial charge in [0.25, 0.3) is 0 Å². The SMILES string of the molecule is CCCCCCC#Cc1ccc(C=Nc2ccc(OC(=O)c3ccc(OC(C)CCCCCC)cc3)cc2)c(O)c1. The Kier molecular flexibility index (Phi) is 13.5. The van der Waals surface area contributed by atoms with E-state index in [1.165, 1.54) is 38.5 Å². The van der Waals surface area contributed by atoms with E-state index in [-0.39, 0.29) is 11.9 Å². The van der Waals surface area contributed by atoms with E-state index in [1.54, 1.807) is 66.9 Å². The van der Waals surface area contributed by atoms with Crippen LogP contribution in [0.1, 0.15) is 106 Å². The van der Waals surface area contributed by atoms with Crippen molar-refractivity contribution in [3.8, 4) is 29.1 Å². The molecule has 3 rings (SSSR count).